The molecule has 0 N–H and O–H groups in total. The molecule has 0 aliphatic heterocycles. The van der Waals surface area contributed by atoms with E-state index >= 15 is 0 Å². The van der Waals surface area contributed by atoms with Crippen molar-refractivity contribution in [2.45, 2.75) is 37.5 Å². The van der Waals surface area contributed by atoms with Gasteiger partial charge in [-0.05, 0) is 18.5 Å². The average Bonchev–Trinajstić information content (AvgIpc) is 1.78. The molecule has 0 saturated heterocycles. The molecule has 0 aliphatic carbocycles. The number of halogens is 9. The van der Waals surface area contributed by atoms with Crippen LogP contribution >= 0.6 is 11.6 Å². The lowest BCUT2D eigenvalue weighted by Crippen LogP contribution is -2.20. The number of hydrogen-bond donors (Lipinski definition) is 0. The minimum absolute atomic E-state index is 0.458. The zero-order valence-corrected chi connectivity index (χ0v) is 8.02. The molecular formula is C6H7ClF8. The highest BCUT2D eigenvalue weighted by atomic mass is 35.5. The Balaban J connectivity index is 0. The first kappa shape index (κ1) is 17.1. The van der Waals surface area contributed by atoms with Crippen LogP contribution in [0.1, 0.15) is 13.3 Å². The van der Waals surface area contributed by atoms with Gasteiger partial charge in [-0.1, -0.05) is 0 Å². The largest absolute Gasteiger partial charge is 0.419 e. The number of hydrogen-bond acceptors (Lipinski definition) is 0. The Bertz CT molecular complexity index is 157. The van der Waals surface area contributed by atoms with Gasteiger partial charge in [-0.2, -0.15) is 22.0 Å². The molecule has 0 nitrogen and oxygen atoms in total. The maximum absolute atomic E-state index is 11.3. The van der Waals surface area contributed by atoms with Crippen molar-refractivity contribution in [2.75, 3.05) is 0 Å². The van der Waals surface area contributed by atoms with Crippen LogP contribution in [0.4, 0.5) is 35.1 Å². The normalized spacial score (nSPS) is 14.6. The summed E-state index contributed by atoms with van der Waals surface area (Å²) in [5, 5.41) is -3.76. The maximum atomic E-state index is 11.3. The highest BCUT2D eigenvalue weighted by Crippen LogP contribution is 2.26. The van der Waals surface area contributed by atoms with E-state index in [0.29, 0.717) is 6.92 Å². The predicted molar refractivity (Wildman–Crippen MR) is 38.0 cm³/mol. The number of rotatable bonds is 2. The molecule has 15 heavy (non-hydrogen) atoms. The molecule has 1 unspecified atom stereocenters. The predicted octanol–water partition coefficient (Wildman–Crippen LogP) is 4.38. The summed E-state index contributed by atoms with van der Waals surface area (Å²) in [5.41, 5.74) is 0. The molecule has 0 radical (unpaired) electrons. The van der Waals surface area contributed by atoms with Crippen LogP contribution in [0, 0.1) is 0 Å². The lowest BCUT2D eigenvalue weighted by molar-refractivity contribution is -0.174. The molecule has 0 aliphatic rings. The molecule has 0 aromatic heterocycles. The van der Waals surface area contributed by atoms with Crippen LogP contribution in [0.2, 0.25) is 0 Å². The van der Waals surface area contributed by atoms with Crippen LogP contribution in [0.25, 0.3) is 0 Å². The second-order valence-electron chi connectivity index (χ2n) is 2.37. The lowest BCUT2D eigenvalue weighted by Gasteiger charge is -2.04. The van der Waals surface area contributed by atoms with E-state index in [2.05, 4.69) is 11.6 Å². The van der Waals surface area contributed by atoms with Crippen LogP contribution in [0.15, 0.2) is 0 Å². The molecule has 0 amide bonds. The Labute approximate surface area is 85.2 Å². The van der Waals surface area contributed by atoms with Crippen molar-refractivity contribution in [2.24, 2.45) is 0 Å². The van der Waals surface area contributed by atoms with Gasteiger partial charge in [0.15, 0.2) is 6.17 Å². The van der Waals surface area contributed by atoms with E-state index in [1.54, 1.807) is 0 Å². The van der Waals surface area contributed by atoms with Gasteiger partial charge in [0, 0.05) is 0 Å². The summed E-state index contributed by atoms with van der Waals surface area (Å²) in [6, 6.07) is 0. The first-order valence-corrected chi connectivity index (χ1v) is 3.79. The van der Waals surface area contributed by atoms with Gasteiger partial charge in [0.25, 0.3) is 0 Å². The summed E-state index contributed by atoms with van der Waals surface area (Å²) in [4.78, 5) is 0. The summed E-state index contributed by atoms with van der Waals surface area (Å²) in [6.07, 6.45) is -12.0. The SMILES string of the molecule is CC(F)C(F)(F)F.FC(F)CC(F)(F)Cl. The topological polar surface area (TPSA) is 0 Å². The smallest absolute Gasteiger partial charge is 0.238 e. The van der Waals surface area contributed by atoms with Gasteiger partial charge in [0.2, 0.25) is 6.43 Å². The third kappa shape index (κ3) is 16.4. The van der Waals surface area contributed by atoms with E-state index < -0.39 is 30.6 Å². The van der Waals surface area contributed by atoms with Crippen molar-refractivity contribution in [3.05, 3.63) is 0 Å². The number of alkyl halides is 9. The molecule has 0 bridgehead atoms. The Morgan fingerprint density at radius 3 is 1.27 bits per heavy atom. The third-order valence-electron chi connectivity index (χ3n) is 0.837. The van der Waals surface area contributed by atoms with Crippen molar-refractivity contribution in [1.82, 2.24) is 0 Å². The van der Waals surface area contributed by atoms with Crippen molar-refractivity contribution in [1.29, 1.82) is 0 Å². The third-order valence-corrected chi connectivity index (χ3v) is 0.991. The van der Waals surface area contributed by atoms with Gasteiger partial charge in [0.1, 0.15) is 0 Å². The zero-order chi connectivity index (χ0) is 12.9. The molecule has 0 heterocycles. The monoisotopic (exact) mass is 266 g/mol. The fourth-order valence-electron chi connectivity index (χ4n) is 0.175. The summed E-state index contributed by atoms with van der Waals surface area (Å²) in [7, 11) is 0. The molecule has 0 aromatic rings. The molecule has 94 valence electrons. The fraction of sp³-hybridized carbons (Fsp3) is 1.00. The molecule has 1 atom stereocenters. The van der Waals surface area contributed by atoms with Crippen LogP contribution in [-0.2, 0) is 0 Å². The van der Waals surface area contributed by atoms with Gasteiger partial charge in [-0.3, -0.25) is 0 Å². The summed E-state index contributed by atoms with van der Waals surface area (Å²) >= 11 is 4.11. The van der Waals surface area contributed by atoms with Crippen molar-refractivity contribution >= 4 is 11.6 Å². The van der Waals surface area contributed by atoms with Crippen molar-refractivity contribution in [3.8, 4) is 0 Å². The Kier molecular flexibility index (Phi) is 7.25. The minimum Gasteiger partial charge on any atom is -0.238 e. The van der Waals surface area contributed by atoms with Gasteiger partial charge in [-0.15, -0.1) is 0 Å². The fourth-order valence-corrected chi connectivity index (χ4v) is 0.292. The Morgan fingerprint density at radius 2 is 1.27 bits per heavy atom. The van der Waals surface area contributed by atoms with Crippen LogP contribution in [0.3, 0.4) is 0 Å². The van der Waals surface area contributed by atoms with E-state index in [1.807, 2.05) is 0 Å². The quantitative estimate of drug-likeness (QED) is 0.514. The highest BCUT2D eigenvalue weighted by Gasteiger charge is 2.35. The average molecular weight is 267 g/mol. The van der Waals surface area contributed by atoms with E-state index in [-0.39, 0.29) is 0 Å². The molecule has 9 heteroatoms. The maximum Gasteiger partial charge on any atom is 0.419 e. The van der Waals surface area contributed by atoms with Crippen LogP contribution in [0.5, 0.6) is 0 Å². The van der Waals surface area contributed by atoms with E-state index in [4.69, 9.17) is 0 Å². The highest BCUT2D eigenvalue weighted by molar-refractivity contribution is 6.21. The first-order valence-electron chi connectivity index (χ1n) is 3.42. The van der Waals surface area contributed by atoms with Crippen molar-refractivity contribution in [3.63, 3.8) is 0 Å². The van der Waals surface area contributed by atoms with Crippen LogP contribution in [-0.4, -0.2) is 24.2 Å². The van der Waals surface area contributed by atoms with E-state index in [1.165, 1.54) is 0 Å². The summed E-state index contributed by atoms with van der Waals surface area (Å²) in [5.74, 6) is 0. The zero-order valence-electron chi connectivity index (χ0n) is 7.26. The second-order valence-corrected chi connectivity index (χ2v) is 2.92. The molecule has 0 rings (SSSR count). The van der Waals surface area contributed by atoms with Crippen LogP contribution < -0.4 is 0 Å². The summed E-state index contributed by atoms with van der Waals surface area (Å²) < 4.78 is 87.9. The van der Waals surface area contributed by atoms with E-state index in [9.17, 15) is 35.1 Å². The standard InChI is InChI=1S/C3H3ClF4.C3H4F4/c4-3(7,8)1-2(5)6;1-2(4)3(5,6)7/h2H,1H2;2H,1H3. The second kappa shape index (κ2) is 6.34. The minimum atomic E-state index is -4.67. The molecule has 0 fully saturated rings. The molecule has 0 spiro atoms. The van der Waals surface area contributed by atoms with Gasteiger partial charge >= 0.3 is 11.6 Å². The lowest BCUT2D eigenvalue weighted by atomic mass is 10.4. The summed E-state index contributed by atoms with van der Waals surface area (Å²) in [6.45, 7) is 0.458. The molecule has 0 aromatic carbocycles. The van der Waals surface area contributed by atoms with E-state index in [0.717, 1.165) is 0 Å². The van der Waals surface area contributed by atoms with Gasteiger partial charge < -0.3 is 0 Å². The van der Waals surface area contributed by atoms with Gasteiger partial charge in [-0.25, -0.2) is 13.2 Å². The first-order chi connectivity index (χ1) is 6.36. The Hall–Kier alpha value is -0.270. The molecule has 0 saturated carbocycles. The van der Waals surface area contributed by atoms with Crippen molar-refractivity contribution < 1.29 is 35.1 Å². The Morgan fingerprint density at radius 1 is 1.00 bits per heavy atom. The van der Waals surface area contributed by atoms with Gasteiger partial charge in [0.05, 0.1) is 6.42 Å². The molecular weight excluding hydrogens is 260 g/mol.